The second-order valence-corrected chi connectivity index (χ2v) is 6.03. The number of ether oxygens (including phenoxy) is 1. The minimum absolute atomic E-state index is 0.00356. The highest BCUT2D eigenvalue weighted by Gasteiger charge is 2.15. The van der Waals surface area contributed by atoms with Crippen LogP contribution in [0.25, 0.3) is 11.3 Å². The van der Waals surface area contributed by atoms with E-state index in [9.17, 15) is 4.79 Å². The zero-order chi connectivity index (χ0) is 17.8. The summed E-state index contributed by atoms with van der Waals surface area (Å²) in [5.41, 5.74) is 1.69. The lowest BCUT2D eigenvalue weighted by molar-refractivity contribution is 0.0562. The Hall–Kier alpha value is -2.63. The summed E-state index contributed by atoms with van der Waals surface area (Å²) in [6, 6.07) is 15.5. The molecular weight excluding hydrogens is 363 g/mol. The number of aromatic nitrogens is 1. The van der Waals surface area contributed by atoms with Gasteiger partial charge in [0.25, 0.3) is 0 Å². The molecule has 0 amide bonds. The van der Waals surface area contributed by atoms with E-state index in [2.05, 4.69) is 5.16 Å². The molecule has 0 aliphatic heterocycles. The molecule has 1 aromatic heterocycles. The highest BCUT2D eigenvalue weighted by atomic mass is 35.5. The van der Waals surface area contributed by atoms with Crippen LogP contribution in [0.5, 0.6) is 0 Å². The molecule has 2 aromatic carbocycles. The topological polar surface area (TPSA) is 76.2 Å². The minimum Gasteiger partial charge on any atom is -0.455 e. The molecule has 0 radical (unpaired) electrons. The van der Waals surface area contributed by atoms with Gasteiger partial charge >= 0.3 is 5.97 Å². The van der Waals surface area contributed by atoms with E-state index in [-0.39, 0.29) is 23.6 Å². The Balaban J connectivity index is 1.65. The van der Waals surface area contributed by atoms with E-state index in [1.54, 1.807) is 6.07 Å². The van der Waals surface area contributed by atoms with Gasteiger partial charge in [0.05, 0.1) is 5.56 Å². The molecule has 1 heterocycles. The fourth-order valence-corrected chi connectivity index (χ4v) is 2.65. The third-order valence-electron chi connectivity index (χ3n) is 3.32. The van der Waals surface area contributed by atoms with Crippen molar-refractivity contribution in [3.05, 3.63) is 76.0 Å². The maximum absolute atomic E-state index is 12.0. The van der Waals surface area contributed by atoms with Gasteiger partial charge in [0, 0.05) is 21.7 Å². The van der Waals surface area contributed by atoms with Crippen LogP contribution in [0, 0.1) is 5.41 Å². The van der Waals surface area contributed by atoms with Gasteiger partial charge in [-0.25, -0.2) is 4.79 Å². The predicted octanol–water partition coefficient (Wildman–Crippen LogP) is 4.87. The molecule has 5 nitrogen and oxygen atoms in total. The summed E-state index contributed by atoms with van der Waals surface area (Å²) in [4.78, 5) is 12.0. The second-order valence-electron chi connectivity index (χ2n) is 5.16. The number of benzene rings is 2. The third kappa shape index (κ3) is 4.26. The van der Waals surface area contributed by atoms with E-state index >= 15 is 0 Å². The van der Waals surface area contributed by atoms with Crippen molar-refractivity contribution in [2.45, 2.75) is 0 Å². The van der Waals surface area contributed by atoms with E-state index in [0.29, 0.717) is 15.7 Å². The van der Waals surface area contributed by atoms with E-state index < -0.39 is 5.97 Å². The molecule has 7 heteroatoms. The second kappa shape index (κ2) is 7.51. The molecule has 0 bridgehead atoms. The number of hydrogen-bond donors (Lipinski definition) is 1. The van der Waals surface area contributed by atoms with Gasteiger partial charge in [0.2, 0.25) is 0 Å². The Morgan fingerprint density at radius 3 is 2.44 bits per heavy atom. The average molecular weight is 375 g/mol. The molecule has 3 aromatic rings. The first-order valence-corrected chi connectivity index (χ1v) is 8.01. The van der Waals surface area contributed by atoms with Crippen LogP contribution in [0.3, 0.4) is 0 Å². The van der Waals surface area contributed by atoms with E-state index in [1.165, 1.54) is 18.2 Å². The number of esters is 1. The Morgan fingerprint density at radius 2 is 1.76 bits per heavy atom. The first-order chi connectivity index (χ1) is 12.0. The molecule has 25 heavy (non-hydrogen) atoms. The quantitative estimate of drug-likeness (QED) is 0.510. The molecule has 126 valence electrons. The molecule has 0 aliphatic carbocycles. The molecule has 0 spiro atoms. The maximum atomic E-state index is 12.0. The van der Waals surface area contributed by atoms with Crippen molar-refractivity contribution in [2.24, 2.45) is 0 Å². The first kappa shape index (κ1) is 17.2. The fraction of sp³-hybridized carbons (Fsp3) is 0.0556. The Bertz CT molecular complexity index is 903. The van der Waals surface area contributed by atoms with Crippen molar-refractivity contribution in [1.29, 1.82) is 5.41 Å². The summed E-state index contributed by atoms with van der Waals surface area (Å²) in [7, 11) is 0. The summed E-state index contributed by atoms with van der Waals surface area (Å²) in [5.74, 6) is -0.396. The summed E-state index contributed by atoms with van der Waals surface area (Å²) in [5, 5.41) is 12.6. The smallest absolute Gasteiger partial charge is 0.338 e. The van der Waals surface area contributed by atoms with Crippen LogP contribution < -0.4 is 0 Å². The summed E-state index contributed by atoms with van der Waals surface area (Å²) >= 11 is 11.7. The zero-order valence-electron chi connectivity index (χ0n) is 12.8. The van der Waals surface area contributed by atoms with Crippen molar-refractivity contribution in [2.75, 3.05) is 6.61 Å². The summed E-state index contributed by atoms with van der Waals surface area (Å²) in [6.45, 7) is -0.258. The lowest BCUT2D eigenvalue weighted by Gasteiger charge is -2.05. The maximum Gasteiger partial charge on any atom is 0.338 e. The van der Waals surface area contributed by atoms with Crippen molar-refractivity contribution >= 4 is 34.9 Å². The molecule has 0 atom stereocenters. The van der Waals surface area contributed by atoms with Crippen molar-refractivity contribution in [3.8, 4) is 11.3 Å². The van der Waals surface area contributed by atoms with Gasteiger partial charge in [0.1, 0.15) is 18.0 Å². The lowest BCUT2D eigenvalue weighted by Crippen LogP contribution is -2.13. The Labute approximate surface area is 153 Å². The van der Waals surface area contributed by atoms with Gasteiger partial charge in [-0.15, -0.1) is 0 Å². The van der Waals surface area contributed by atoms with Crippen LogP contribution in [0.2, 0.25) is 10.0 Å². The first-order valence-electron chi connectivity index (χ1n) is 7.26. The largest absolute Gasteiger partial charge is 0.455 e. The van der Waals surface area contributed by atoms with Crippen molar-refractivity contribution in [3.63, 3.8) is 0 Å². The number of rotatable bonds is 5. The van der Waals surface area contributed by atoms with Gasteiger partial charge < -0.3 is 9.26 Å². The molecule has 0 saturated carbocycles. The third-order valence-corrected chi connectivity index (χ3v) is 3.76. The van der Waals surface area contributed by atoms with Crippen LogP contribution in [0.15, 0.2) is 59.1 Å². The Morgan fingerprint density at radius 1 is 1.08 bits per heavy atom. The molecule has 0 unspecified atom stereocenters. The van der Waals surface area contributed by atoms with Crippen molar-refractivity contribution < 1.29 is 14.1 Å². The normalized spacial score (nSPS) is 10.5. The predicted molar refractivity (Wildman–Crippen MR) is 95.5 cm³/mol. The molecule has 3 rings (SSSR count). The summed E-state index contributed by atoms with van der Waals surface area (Å²) < 4.78 is 10.2. The van der Waals surface area contributed by atoms with Crippen LogP contribution in [0.1, 0.15) is 16.1 Å². The summed E-state index contributed by atoms with van der Waals surface area (Å²) in [6.07, 6.45) is 0. The highest BCUT2D eigenvalue weighted by molar-refractivity contribution is 6.35. The number of carbonyl (C=O) groups excluding carboxylic acids is 1. The highest BCUT2D eigenvalue weighted by Crippen LogP contribution is 2.21. The fourth-order valence-electron chi connectivity index (χ4n) is 2.13. The number of halogens is 2. The minimum atomic E-state index is -0.628. The van der Waals surface area contributed by atoms with Crippen LogP contribution in [-0.4, -0.2) is 23.4 Å². The van der Waals surface area contributed by atoms with Gasteiger partial charge in [-0.2, -0.15) is 0 Å². The number of nitrogens with zero attached hydrogens (tertiary/aromatic N) is 1. The van der Waals surface area contributed by atoms with Gasteiger partial charge in [-0.1, -0.05) is 58.7 Å². The molecule has 1 N–H and O–H groups in total. The zero-order valence-corrected chi connectivity index (χ0v) is 14.3. The Kier molecular flexibility index (Phi) is 5.16. The van der Waals surface area contributed by atoms with E-state index in [1.807, 2.05) is 30.3 Å². The molecular formula is C18H12Cl2N2O3. The van der Waals surface area contributed by atoms with Gasteiger partial charge in [-0.05, 0) is 18.2 Å². The van der Waals surface area contributed by atoms with Gasteiger partial charge in [-0.3, -0.25) is 5.41 Å². The molecule has 0 aliphatic rings. The van der Waals surface area contributed by atoms with Crippen LogP contribution in [-0.2, 0) is 4.74 Å². The van der Waals surface area contributed by atoms with E-state index in [4.69, 9.17) is 37.9 Å². The van der Waals surface area contributed by atoms with Crippen LogP contribution in [0.4, 0.5) is 0 Å². The SMILES string of the molecule is N=C(COC(=O)c1cc(Cl)cc(Cl)c1)c1cc(-c2ccccc2)no1. The molecule has 0 saturated heterocycles. The lowest BCUT2D eigenvalue weighted by atomic mass is 10.1. The number of hydrogen-bond acceptors (Lipinski definition) is 5. The van der Waals surface area contributed by atoms with Crippen molar-refractivity contribution in [1.82, 2.24) is 5.16 Å². The monoisotopic (exact) mass is 374 g/mol. The van der Waals surface area contributed by atoms with Gasteiger partial charge in [0.15, 0.2) is 5.76 Å². The molecule has 0 fully saturated rings. The van der Waals surface area contributed by atoms with Crippen LogP contribution >= 0.6 is 23.2 Å². The number of nitrogens with one attached hydrogen (secondary N) is 1. The standard InChI is InChI=1S/C18H12Cl2N2O3/c19-13-6-12(7-14(20)8-13)18(23)24-10-15(21)17-9-16(22-25-17)11-4-2-1-3-5-11/h1-9,21H,10H2. The van der Waals surface area contributed by atoms with E-state index in [0.717, 1.165) is 5.56 Å². The average Bonchev–Trinajstić information content (AvgIpc) is 3.09. The number of carbonyl (C=O) groups is 1.